The van der Waals surface area contributed by atoms with Gasteiger partial charge in [-0.25, -0.2) is 9.44 Å². The highest BCUT2D eigenvalue weighted by atomic mass is 127. The molecule has 9 heteroatoms. The van der Waals surface area contributed by atoms with E-state index in [-0.39, 0.29) is 18.1 Å². The predicted octanol–water partition coefficient (Wildman–Crippen LogP) is 2.08. The maximum Gasteiger partial charge on any atom is 0.242 e. The van der Waals surface area contributed by atoms with Gasteiger partial charge in [0, 0.05) is 32.0 Å². The summed E-state index contributed by atoms with van der Waals surface area (Å²) in [4.78, 5) is 15.3. The topological polar surface area (TPSA) is 89.3 Å². The van der Waals surface area contributed by atoms with Crippen LogP contribution in [-0.4, -0.2) is 37.8 Å². The van der Waals surface area contributed by atoms with Gasteiger partial charge in [-0.1, -0.05) is 0 Å². The summed E-state index contributed by atoms with van der Waals surface area (Å²) >= 11 is 2.24. The Bertz CT molecular complexity index is 686. The van der Waals surface area contributed by atoms with Crippen molar-refractivity contribution in [3.05, 3.63) is 12.3 Å². The zero-order chi connectivity index (χ0) is 15.0. The van der Waals surface area contributed by atoms with Crippen molar-refractivity contribution in [2.45, 2.75) is 32.0 Å². The maximum absolute atomic E-state index is 11.1. The molecule has 2 aromatic heterocycles. The Balaban J connectivity index is 1.92. The Morgan fingerprint density at radius 3 is 3.00 bits per heavy atom. The van der Waals surface area contributed by atoms with E-state index in [1.54, 1.807) is 12.3 Å². The van der Waals surface area contributed by atoms with Crippen LogP contribution >= 0.6 is 28.4 Å². The third-order valence-electron chi connectivity index (χ3n) is 3.26. The lowest BCUT2D eigenvalue weighted by Gasteiger charge is -2.30. The molecular formula is C12H14IN4O3P. The highest BCUT2D eigenvalue weighted by Gasteiger charge is 2.30. The lowest BCUT2D eigenvalue weighted by molar-refractivity contribution is -0.114. The van der Waals surface area contributed by atoms with E-state index in [4.69, 9.17) is 4.74 Å². The van der Waals surface area contributed by atoms with Crippen LogP contribution in [0.4, 0.5) is 5.82 Å². The van der Waals surface area contributed by atoms with Crippen LogP contribution in [0.2, 0.25) is 0 Å². The number of halogens is 1. The van der Waals surface area contributed by atoms with Crippen molar-refractivity contribution in [2.24, 2.45) is 0 Å². The van der Waals surface area contributed by atoms with Gasteiger partial charge in [-0.05, 0) is 22.0 Å². The number of aliphatic hydroxyl groups excluding tert-OH is 1. The fourth-order valence-corrected chi connectivity index (χ4v) is 3.68. The molecule has 2 heterocycles. The minimum atomic E-state index is -0.265. The molecule has 21 heavy (non-hydrogen) atoms. The van der Waals surface area contributed by atoms with Crippen LogP contribution in [-0.2, 0) is 4.79 Å². The molecule has 1 aliphatic carbocycles. The molecule has 112 valence electrons. The third-order valence-corrected chi connectivity index (χ3v) is 5.14. The molecule has 2 N–H and O–H groups in total. The number of anilines is 1. The summed E-state index contributed by atoms with van der Waals surface area (Å²) in [7, 11) is 0. The van der Waals surface area contributed by atoms with Gasteiger partial charge >= 0.3 is 0 Å². The second-order valence-electron chi connectivity index (χ2n) is 4.93. The van der Waals surface area contributed by atoms with Gasteiger partial charge in [-0.3, -0.25) is 4.79 Å². The van der Waals surface area contributed by atoms with E-state index < -0.39 is 0 Å². The fourth-order valence-electron chi connectivity index (χ4n) is 2.18. The number of hydrogen-bond acceptors (Lipinski definition) is 5. The molecule has 1 unspecified atom stereocenters. The summed E-state index contributed by atoms with van der Waals surface area (Å²) < 4.78 is 7.65. The molecule has 0 aromatic carbocycles. The third kappa shape index (κ3) is 3.12. The summed E-state index contributed by atoms with van der Waals surface area (Å²) in [5, 5.41) is 17.2. The fraction of sp³-hybridized carbons (Fsp3) is 0.417. The van der Waals surface area contributed by atoms with Gasteiger partial charge < -0.3 is 15.2 Å². The number of aromatic nitrogens is 3. The van der Waals surface area contributed by atoms with E-state index in [1.807, 2.05) is 4.45 Å². The monoisotopic (exact) mass is 420 g/mol. The molecule has 1 fully saturated rings. The second-order valence-corrected chi connectivity index (χ2v) is 6.97. The van der Waals surface area contributed by atoms with Gasteiger partial charge in [-0.2, -0.15) is 0 Å². The number of rotatable bonds is 4. The molecule has 0 saturated heterocycles. The molecule has 1 atom stereocenters. The highest BCUT2D eigenvalue weighted by Crippen LogP contribution is 2.36. The lowest BCUT2D eigenvalue weighted by Crippen LogP contribution is -2.37. The first-order chi connectivity index (χ1) is 10.1. The molecule has 1 saturated carbocycles. The average Bonchev–Trinajstić information content (AvgIpc) is 2.74. The molecule has 0 radical (unpaired) electrons. The molecule has 0 aliphatic heterocycles. The van der Waals surface area contributed by atoms with E-state index >= 15 is 0 Å². The van der Waals surface area contributed by atoms with Crippen LogP contribution in [0.3, 0.4) is 0 Å². The number of aliphatic hydroxyl groups is 1. The standard InChI is InChI=1S/C12H14IN4O3P/c1-6(18)15-11-4-10-9(5-14-11)12(16-17(10)21-13)20-8-2-7(19)3-8/h4-5,7-8,19,21H,2-3H2,1H3,(H,14,15,18). The van der Waals surface area contributed by atoms with Gasteiger partial charge in [0.2, 0.25) is 11.8 Å². The van der Waals surface area contributed by atoms with Crippen molar-refractivity contribution in [2.75, 3.05) is 5.32 Å². The lowest BCUT2D eigenvalue weighted by atomic mass is 9.92. The number of nitrogens with zero attached hydrogens (tertiary/aromatic N) is 3. The Kier molecular flexibility index (Phi) is 4.28. The van der Waals surface area contributed by atoms with Crippen LogP contribution in [0.1, 0.15) is 19.8 Å². The summed E-state index contributed by atoms with van der Waals surface area (Å²) in [6.07, 6.45) is 3.09. The molecule has 1 amide bonds. The minimum absolute atomic E-state index is 0.0131. The molecule has 0 bridgehead atoms. The number of amides is 1. The normalized spacial score (nSPS) is 21.7. The van der Waals surface area contributed by atoms with Gasteiger partial charge in [0.05, 0.1) is 23.4 Å². The van der Waals surface area contributed by atoms with Crippen LogP contribution in [0.5, 0.6) is 5.88 Å². The number of ether oxygens (including phenoxy) is 1. The Morgan fingerprint density at radius 1 is 1.62 bits per heavy atom. The second kappa shape index (κ2) is 6.02. The van der Waals surface area contributed by atoms with Gasteiger partial charge in [0.25, 0.3) is 0 Å². The zero-order valence-electron chi connectivity index (χ0n) is 11.2. The van der Waals surface area contributed by atoms with E-state index in [0.717, 1.165) is 10.9 Å². The first-order valence-corrected chi connectivity index (χ1v) is 10.5. The first-order valence-electron chi connectivity index (χ1n) is 6.44. The Labute approximate surface area is 135 Å². The smallest absolute Gasteiger partial charge is 0.242 e. The van der Waals surface area contributed by atoms with Crippen molar-refractivity contribution in [3.63, 3.8) is 0 Å². The summed E-state index contributed by atoms with van der Waals surface area (Å²) in [5.41, 5.74) is 0.872. The summed E-state index contributed by atoms with van der Waals surface area (Å²) in [6.45, 7) is 1.44. The van der Waals surface area contributed by atoms with Crippen molar-refractivity contribution in [1.82, 2.24) is 14.5 Å². The Hall–Kier alpha value is -0.990. The minimum Gasteiger partial charge on any atom is -0.473 e. The molecular weight excluding hydrogens is 406 g/mol. The van der Waals surface area contributed by atoms with Crippen LogP contribution in [0.25, 0.3) is 10.9 Å². The number of fused-ring (bicyclic) bond motifs is 1. The van der Waals surface area contributed by atoms with Crippen molar-refractivity contribution >= 4 is 51.0 Å². The molecule has 2 aromatic rings. The number of carbonyl (C=O) groups excluding carboxylic acids is 1. The maximum atomic E-state index is 11.1. The van der Waals surface area contributed by atoms with Crippen LogP contribution in [0, 0.1) is 0 Å². The van der Waals surface area contributed by atoms with E-state index in [9.17, 15) is 9.90 Å². The number of carbonyl (C=O) groups is 1. The summed E-state index contributed by atoms with van der Waals surface area (Å²) in [5.74, 6) is 0.870. The van der Waals surface area contributed by atoms with Crippen molar-refractivity contribution in [1.29, 1.82) is 0 Å². The van der Waals surface area contributed by atoms with Crippen LogP contribution < -0.4 is 10.1 Å². The highest BCUT2D eigenvalue weighted by molar-refractivity contribution is 14.2. The van der Waals surface area contributed by atoms with Crippen molar-refractivity contribution < 1.29 is 14.6 Å². The quantitative estimate of drug-likeness (QED) is 0.584. The van der Waals surface area contributed by atoms with Crippen LogP contribution in [0.15, 0.2) is 12.3 Å². The molecule has 7 nitrogen and oxygen atoms in total. The van der Waals surface area contributed by atoms with E-state index in [1.165, 1.54) is 6.92 Å². The number of nitrogens with one attached hydrogen (secondary N) is 1. The Morgan fingerprint density at radius 2 is 2.38 bits per heavy atom. The zero-order valence-corrected chi connectivity index (χ0v) is 14.4. The molecule has 1 aliphatic rings. The average molecular weight is 420 g/mol. The SMILES string of the molecule is CC(=O)Nc1cc2c(cn1)c(OC1CC(O)C1)nn2PI. The summed E-state index contributed by atoms with van der Waals surface area (Å²) in [6, 6.07) is 1.79. The van der Waals surface area contributed by atoms with Gasteiger partial charge in [-0.15, -0.1) is 5.10 Å². The molecule has 0 spiro atoms. The van der Waals surface area contributed by atoms with Crippen molar-refractivity contribution in [3.8, 4) is 5.88 Å². The largest absolute Gasteiger partial charge is 0.473 e. The van der Waals surface area contributed by atoms with E-state index in [2.05, 4.69) is 37.4 Å². The predicted molar refractivity (Wildman–Crippen MR) is 89.2 cm³/mol. The van der Waals surface area contributed by atoms with E-state index in [0.29, 0.717) is 30.9 Å². The molecule has 3 rings (SSSR count). The van der Waals surface area contributed by atoms with Gasteiger partial charge in [0.1, 0.15) is 11.9 Å². The number of pyridine rings is 1. The number of hydrogen-bond donors (Lipinski definition) is 2. The first kappa shape index (κ1) is 14.9. The van der Waals surface area contributed by atoms with Gasteiger partial charge in [0.15, 0.2) is 0 Å².